The molecule has 1 aromatic heterocycles. The van der Waals surface area contributed by atoms with Crippen LogP contribution in [-0.2, 0) is 17.7 Å². The van der Waals surface area contributed by atoms with E-state index in [-0.39, 0.29) is 12.4 Å². The number of amides is 1. The molecule has 1 rings (SSSR count). The fraction of sp³-hybridized carbons (Fsp3) is 0.636. The van der Waals surface area contributed by atoms with E-state index < -0.39 is 11.7 Å². The smallest absolute Gasteiger partial charge is 0.407 e. The maximum absolute atomic E-state index is 11.3. The minimum Gasteiger partial charge on any atom is -0.448 e. The van der Waals surface area contributed by atoms with Gasteiger partial charge in [0.15, 0.2) is 6.39 Å². The molecule has 0 saturated heterocycles. The zero-order chi connectivity index (χ0) is 12.9. The molecule has 0 aliphatic heterocycles. The van der Waals surface area contributed by atoms with Crippen molar-refractivity contribution in [3.05, 3.63) is 17.8 Å². The number of carbonyl (C=O) groups excluding carboxylic acids is 1. The minimum absolute atomic E-state index is 0. The topological polar surface area (TPSA) is 90.4 Å². The first-order chi connectivity index (χ1) is 7.92. The minimum atomic E-state index is -0.487. The van der Waals surface area contributed by atoms with Crippen molar-refractivity contribution in [3.63, 3.8) is 0 Å². The van der Waals surface area contributed by atoms with Crippen LogP contribution in [0.15, 0.2) is 10.8 Å². The Balaban J connectivity index is 0.00000289. The lowest BCUT2D eigenvalue weighted by Crippen LogP contribution is -2.33. The number of oxazole rings is 1. The van der Waals surface area contributed by atoms with Gasteiger partial charge in [-0.3, -0.25) is 0 Å². The second kappa shape index (κ2) is 7.23. The van der Waals surface area contributed by atoms with Gasteiger partial charge in [0.25, 0.3) is 0 Å². The number of nitrogens with two attached hydrogens (primary N) is 1. The van der Waals surface area contributed by atoms with Crippen LogP contribution in [0.1, 0.15) is 32.2 Å². The van der Waals surface area contributed by atoms with E-state index in [1.165, 1.54) is 6.39 Å². The Morgan fingerprint density at radius 3 is 2.78 bits per heavy atom. The standard InChI is InChI=1S/C11H19N3O3.ClH/c1-11(2,3)17-10(15)13-5-4-9-8(6-12)14-7-16-9;/h7H,4-6,12H2,1-3H3,(H,13,15);1H. The van der Waals surface area contributed by atoms with E-state index in [9.17, 15) is 4.79 Å². The predicted octanol–water partition coefficient (Wildman–Crippen LogP) is 1.62. The lowest BCUT2D eigenvalue weighted by molar-refractivity contribution is 0.0528. The van der Waals surface area contributed by atoms with Gasteiger partial charge in [-0.1, -0.05) is 0 Å². The monoisotopic (exact) mass is 277 g/mol. The van der Waals surface area contributed by atoms with E-state index in [0.717, 1.165) is 5.69 Å². The van der Waals surface area contributed by atoms with Crippen molar-refractivity contribution in [3.8, 4) is 0 Å². The van der Waals surface area contributed by atoms with Gasteiger partial charge in [-0.05, 0) is 20.8 Å². The number of alkyl carbamates (subject to hydrolysis) is 1. The normalized spacial score (nSPS) is 10.7. The van der Waals surface area contributed by atoms with Crippen molar-refractivity contribution in [2.75, 3.05) is 6.54 Å². The molecule has 1 aromatic rings. The van der Waals surface area contributed by atoms with Gasteiger partial charge in [0.1, 0.15) is 11.4 Å². The van der Waals surface area contributed by atoms with Gasteiger partial charge >= 0.3 is 6.09 Å². The van der Waals surface area contributed by atoms with Crippen LogP contribution < -0.4 is 11.1 Å². The van der Waals surface area contributed by atoms with Crippen LogP contribution in [0.3, 0.4) is 0 Å². The summed E-state index contributed by atoms with van der Waals surface area (Å²) in [5.41, 5.74) is 5.71. The Kier molecular flexibility index (Phi) is 6.72. The van der Waals surface area contributed by atoms with Gasteiger partial charge in [-0.2, -0.15) is 0 Å². The predicted molar refractivity (Wildman–Crippen MR) is 69.6 cm³/mol. The van der Waals surface area contributed by atoms with Crippen LogP contribution in [-0.4, -0.2) is 23.2 Å². The van der Waals surface area contributed by atoms with Crippen molar-refractivity contribution in [1.29, 1.82) is 0 Å². The first kappa shape index (κ1) is 16.7. The van der Waals surface area contributed by atoms with Gasteiger partial charge < -0.3 is 20.2 Å². The quantitative estimate of drug-likeness (QED) is 0.873. The first-order valence-corrected chi connectivity index (χ1v) is 5.50. The SMILES string of the molecule is CC(C)(C)OC(=O)NCCc1ocnc1CN.Cl. The molecule has 0 fully saturated rings. The summed E-state index contributed by atoms with van der Waals surface area (Å²) in [6, 6.07) is 0. The second-order valence-corrected chi connectivity index (χ2v) is 4.61. The molecule has 18 heavy (non-hydrogen) atoms. The highest BCUT2D eigenvalue weighted by molar-refractivity contribution is 5.85. The maximum atomic E-state index is 11.3. The van der Waals surface area contributed by atoms with Crippen LogP contribution in [0.4, 0.5) is 4.79 Å². The van der Waals surface area contributed by atoms with Crippen LogP contribution in [0.2, 0.25) is 0 Å². The Bertz CT molecular complexity index is 374. The Morgan fingerprint density at radius 2 is 2.22 bits per heavy atom. The average Bonchev–Trinajstić information content (AvgIpc) is 2.62. The third kappa shape index (κ3) is 5.88. The van der Waals surface area contributed by atoms with Gasteiger partial charge in [0.2, 0.25) is 0 Å². The highest BCUT2D eigenvalue weighted by atomic mass is 35.5. The zero-order valence-electron chi connectivity index (χ0n) is 10.9. The van der Waals surface area contributed by atoms with Crippen LogP contribution >= 0.6 is 12.4 Å². The molecule has 1 amide bonds. The maximum Gasteiger partial charge on any atom is 0.407 e. The molecule has 0 aromatic carbocycles. The second-order valence-electron chi connectivity index (χ2n) is 4.61. The van der Waals surface area contributed by atoms with E-state index in [1.807, 2.05) is 20.8 Å². The molecular weight excluding hydrogens is 258 g/mol. The lowest BCUT2D eigenvalue weighted by Gasteiger charge is -2.19. The summed E-state index contributed by atoms with van der Waals surface area (Å²) < 4.78 is 10.2. The van der Waals surface area contributed by atoms with Crippen LogP contribution in [0, 0.1) is 0 Å². The molecule has 0 aliphatic carbocycles. The molecule has 7 heteroatoms. The van der Waals surface area contributed by atoms with E-state index in [2.05, 4.69) is 10.3 Å². The number of rotatable bonds is 4. The summed E-state index contributed by atoms with van der Waals surface area (Å²) in [7, 11) is 0. The van der Waals surface area contributed by atoms with Gasteiger partial charge in [0.05, 0.1) is 5.69 Å². The lowest BCUT2D eigenvalue weighted by atomic mass is 10.2. The zero-order valence-corrected chi connectivity index (χ0v) is 11.7. The number of halogens is 1. The number of nitrogens with one attached hydrogen (secondary N) is 1. The summed E-state index contributed by atoms with van der Waals surface area (Å²) >= 11 is 0. The molecule has 0 bridgehead atoms. The molecular formula is C11H20ClN3O3. The molecule has 0 radical (unpaired) electrons. The summed E-state index contributed by atoms with van der Waals surface area (Å²) in [5.74, 6) is 0.698. The summed E-state index contributed by atoms with van der Waals surface area (Å²) in [5, 5.41) is 2.64. The van der Waals surface area contributed by atoms with Gasteiger partial charge in [-0.25, -0.2) is 9.78 Å². The Hall–Kier alpha value is -1.27. The van der Waals surface area contributed by atoms with E-state index >= 15 is 0 Å². The molecule has 0 aliphatic rings. The highest BCUT2D eigenvalue weighted by Gasteiger charge is 2.15. The largest absolute Gasteiger partial charge is 0.448 e. The van der Waals surface area contributed by atoms with Crippen molar-refractivity contribution in [2.24, 2.45) is 5.73 Å². The number of nitrogens with zero attached hydrogens (tertiary/aromatic N) is 1. The number of hydrogen-bond donors (Lipinski definition) is 2. The van der Waals surface area contributed by atoms with Crippen molar-refractivity contribution in [2.45, 2.75) is 39.3 Å². The third-order valence-corrected chi connectivity index (χ3v) is 1.94. The summed E-state index contributed by atoms with van der Waals surface area (Å²) in [4.78, 5) is 15.3. The molecule has 1 heterocycles. The summed E-state index contributed by atoms with van der Waals surface area (Å²) in [6.07, 6.45) is 1.46. The van der Waals surface area contributed by atoms with Crippen LogP contribution in [0.25, 0.3) is 0 Å². The average molecular weight is 278 g/mol. The fourth-order valence-corrected chi connectivity index (χ4v) is 1.26. The Labute approximate surface area is 113 Å². The number of aromatic nitrogens is 1. The van der Waals surface area contributed by atoms with Crippen LogP contribution in [0.5, 0.6) is 0 Å². The molecule has 0 atom stereocenters. The van der Waals surface area contributed by atoms with E-state index in [4.69, 9.17) is 14.9 Å². The van der Waals surface area contributed by atoms with Crippen molar-refractivity contribution >= 4 is 18.5 Å². The number of ether oxygens (including phenoxy) is 1. The molecule has 0 unspecified atom stereocenters. The molecule has 0 saturated carbocycles. The Morgan fingerprint density at radius 1 is 1.56 bits per heavy atom. The van der Waals surface area contributed by atoms with E-state index in [1.54, 1.807) is 0 Å². The van der Waals surface area contributed by atoms with Gasteiger partial charge in [0, 0.05) is 19.5 Å². The van der Waals surface area contributed by atoms with Crippen molar-refractivity contribution in [1.82, 2.24) is 10.3 Å². The fourth-order valence-electron chi connectivity index (χ4n) is 1.26. The highest BCUT2D eigenvalue weighted by Crippen LogP contribution is 2.08. The third-order valence-electron chi connectivity index (χ3n) is 1.94. The summed E-state index contributed by atoms with van der Waals surface area (Å²) in [6.45, 7) is 6.20. The number of carbonyl (C=O) groups is 1. The number of hydrogen-bond acceptors (Lipinski definition) is 5. The van der Waals surface area contributed by atoms with Crippen molar-refractivity contribution < 1.29 is 13.9 Å². The molecule has 104 valence electrons. The molecule has 3 N–H and O–H groups in total. The molecule has 0 spiro atoms. The van der Waals surface area contributed by atoms with Gasteiger partial charge in [-0.15, -0.1) is 12.4 Å². The first-order valence-electron chi connectivity index (χ1n) is 5.50. The molecule has 6 nitrogen and oxygen atoms in total. The van der Waals surface area contributed by atoms with E-state index in [0.29, 0.717) is 25.3 Å².